The normalized spacial score (nSPS) is 15.4. The van der Waals surface area contributed by atoms with Crippen LogP contribution in [-0.2, 0) is 26.1 Å². The molecule has 4 rings (SSSR count). The van der Waals surface area contributed by atoms with Crippen LogP contribution in [0, 0.1) is 0 Å². The fourth-order valence-corrected chi connectivity index (χ4v) is 7.33. The maximum Gasteiger partial charge on any atom is 0.326 e. The van der Waals surface area contributed by atoms with Crippen LogP contribution in [0.5, 0.6) is 0 Å². The highest BCUT2D eigenvalue weighted by molar-refractivity contribution is 7.89. The lowest BCUT2D eigenvalue weighted by Crippen LogP contribution is -2.38. The molecule has 1 aliphatic carbocycles. The van der Waals surface area contributed by atoms with Gasteiger partial charge >= 0.3 is 5.97 Å². The molecule has 1 aliphatic rings. The number of hydrogen-bond acceptors (Lipinski definition) is 6. The Morgan fingerprint density at radius 3 is 2.43 bits per heavy atom. The van der Waals surface area contributed by atoms with E-state index >= 15 is 0 Å². The number of hydrogen-bond donors (Lipinski definition) is 0. The minimum atomic E-state index is -3.68. The first-order valence-electron chi connectivity index (χ1n) is 11.9. The largest absolute Gasteiger partial charge is 0.465 e. The molecule has 37 heavy (non-hydrogen) atoms. The maximum absolute atomic E-state index is 13.1. The number of aromatic nitrogens is 1. The van der Waals surface area contributed by atoms with E-state index in [1.54, 1.807) is 26.1 Å². The molecule has 0 spiro atoms. The van der Waals surface area contributed by atoms with Gasteiger partial charge in [-0.2, -0.15) is 9.30 Å². The van der Waals surface area contributed by atoms with Crippen molar-refractivity contribution >= 4 is 66.7 Å². The van der Waals surface area contributed by atoms with Crippen LogP contribution >= 0.6 is 34.5 Å². The van der Waals surface area contributed by atoms with Gasteiger partial charge in [0.15, 0.2) is 4.80 Å². The van der Waals surface area contributed by atoms with E-state index in [-0.39, 0.29) is 39.5 Å². The second kappa shape index (κ2) is 11.7. The number of esters is 1. The maximum atomic E-state index is 13.1. The number of fused-ring (bicyclic) bond motifs is 1. The number of thiazole rings is 1. The van der Waals surface area contributed by atoms with Gasteiger partial charge in [0.25, 0.3) is 5.91 Å². The lowest BCUT2D eigenvalue weighted by Gasteiger charge is -2.30. The zero-order valence-corrected chi connectivity index (χ0v) is 23.6. The number of benzene rings is 2. The molecule has 3 aromatic rings. The molecule has 1 aromatic heterocycles. The Kier molecular flexibility index (Phi) is 8.75. The summed E-state index contributed by atoms with van der Waals surface area (Å²) in [6, 6.07) is 9.09. The van der Waals surface area contributed by atoms with E-state index < -0.39 is 21.9 Å². The second-order valence-corrected chi connectivity index (χ2v) is 12.5. The van der Waals surface area contributed by atoms with Crippen LogP contribution in [-0.4, -0.2) is 48.9 Å². The van der Waals surface area contributed by atoms with Crippen molar-refractivity contribution in [1.82, 2.24) is 8.87 Å². The molecule has 1 heterocycles. The Morgan fingerprint density at radius 1 is 1.11 bits per heavy atom. The quantitative estimate of drug-likeness (QED) is 0.353. The predicted molar refractivity (Wildman–Crippen MR) is 145 cm³/mol. The third-order valence-corrected chi connectivity index (χ3v) is 10.2. The first kappa shape index (κ1) is 27.8. The Labute approximate surface area is 229 Å². The van der Waals surface area contributed by atoms with E-state index in [0.717, 1.165) is 32.1 Å². The molecule has 1 amide bonds. The lowest BCUT2D eigenvalue weighted by atomic mass is 9.96. The number of carbonyl (C=O) groups is 2. The van der Waals surface area contributed by atoms with Crippen molar-refractivity contribution in [2.24, 2.45) is 4.99 Å². The molecular weight excluding hydrogens is 557 g/mol. The van der Waals surface area contributed by atoms with E-state index in [4.69, 9.17) is 27.9 Å². The standard InChI is InChI=1S/C25H27Cl2N3O5S2/c1-3-35-21(31)15-30-23-20(14-13-19(26)22(23)27)36-25(30)28-24(32)16-9-11-18(12-10-16)37(33,34)29(2)17-7-5-4-6-8-17/h9-14,17H,3-8,15H2,1-2H3. The van der Waals surface area contributed by atoms with Gasteiger partial charge < -0.3 is 9.30 Å². The summed E-state index contributed by atoms with van der Waals surface area (Å²) in [6.07, 6.45) is 4.86. The van der Waals surface area contributed by atoms with Crippen LogP contribution < -0.4 is 4.80 Å². The first-order chi connectivity index (χ1) is 17.6. The third-order valence-electron chi connectivity index (χ3n) is 6.39. The van der Waals surface area contributed by atoms with Gasteiger partial charge in [-0.3, -0.25) is 9.59 Å². The molecule has 0 saturated heterocycles. The van der Waals surface area contributed by atoms with Crippen molar-refractivity contribution < 1.29 is 22.7 Å². The molecule has 2 aromatic carbocycles. The molecule has 1 fully saturated rings. The van der Waals surface area contributed by atoms with E-state index in [2.05, 4.69) is 4.99 Å². The van der Waals surface area contributed by atoms with E-state index in [1.807, 2.05) is 0 Å². The summed E-state index contributed by atoms with van der Waals surface area (Å²) in [5.74, 6) is -1.10. The number of ether oxygens (including phenoxy) is 1. The first-order valence-corrected chi connectivity index (χ1v) is 14.9. The van der Waals surface area contributed by atoms with Crippen molar-refractivity contribution in [3.63, 3.8) is 0 Å². The van der Waals surface area contributed by atoms with Gasteiger partial charge in [0.2, 0.25) is 10.0 Å². The van der Waals surface area contributed by atoms with Crippen LogP contribution in [0.3, 0.4) is 0 Å². The van der Waals surface area contributed by atoms with Gasteiger partial charge in [0.05, 0.1) is 31.8 Å². The smallest absolute Gasteiger partial charge is 0.326 e. The zero-order valence-electron chi connectivity index (χ0n) is 20.4. The summed E-state index contributed by atoms with van der Waals surface area (Å²) in [6.45, 7) is 1.70. The number of halogens is 2. The van der Waals surface area contributed by atoms with Crippen molar-refractivity contribution in [1.29, 1.82) is 0 Å². The summed E-state index contributed by atoms with van der Waals surface area (Å²) >= 11 is 13.8. The van der Waals surface area contributed by atoms with Crippen LogP contribution in [0.2, 0.25) is 10.0 Å². The fraction of sp³-hybridized carbons (Fsp3) is 0.400. The molecule has 0 aliphatic heterocycles. The van der Waals surface area contributed by atoms with Gasteiger partial charge in [-0.05, 0) is 56.2 Å². The number of sulfonamides is 1. The fourth-order valence-electron chi connectivity index (χ4n) is 4.40. The van der Waals surface area contributed by atoms with Gasteiger partial charge in [-0.25, -0.2) is 8.42 Å². The summed E-state index contributed by atoms with van der Waals surface area (Å²) in [5.41, 5.74) is 0.689. The minimum absolute atomic E-state index is 0.0156. The number of amides is 1. The molecule has 0 unspecified atom stereocenters. The molecule has 1 saturated carbocycles. The minimum Gasteiger partial charge on any atom is -0.465 e. The zero-order chi connectivity index (χ0) is 26.7. The van der Waals surface area contributed by atoms with Gasteiger partial charge in [0, 0.05) is 18.7 Å². The molecule has 0 bridgehead atoms. The van der Waals surface area contributed by atoms with Gasteiger partial charge in [-0.15, -0.1) is 0 Å². The Morgan fingerprint density at radius 2 is 1.78 bits per heavy atom. The van der Waals surface area contributed by atoms with Crippen LogP contribution in [0.15, 0.2) is 46.3 Å². The van der Waals surface area contributed by atoms with Crippen LogP contribution in [0.25, 0.3) is 10.2 Å². The summed E-state index contributed by atoms with van der Waals surface area (Å²) in [7, 11) is -2.07. The molecular formula is C25H27Cl2N3O5S2. The average molecular weight is 585 g/mol. The Balaban J connectivity index is 1.66. The van der Waals surface area contributed by atoms with Crippen molar-refractivity contribution in [3.05, 3.63) is 56.8 Å². The highest BCUT2D eigenvalue weighted by Crippen LogP contribution is 2.32. The number of carbonyl (C=O) groups excluding carboxylic acids is 2. The molecule has 198 valence electrons. The van der Waals surface area contributed by atoms with E-state index in [1.165, 1.54) is 44.5 Å². The van der Waals surface area contributed by atoms with E-state index in [0.29, 0.717) is 15.2 Å². The third kappa shape index (κ3) is 5.93. The Bertz CT molecular complexity index is 1490. The van der Waals surface area contributed by atoms with Crippen molar-refractivity contribution in [2.75, 3.05) is 13.7 Å². The summed E-state index contributed by atoms with van der Waals surface area (Å²) in [4.78, 5) is 29.9. The summed E-state index contributed by atoms with van der Waals surface area (Å²) < 4.78 is 34.9. The van der Waals surface area contributed by atoms with Crippen LogP contribution in [0.4, 0.5) is 0 Å². The monoisotopic (exact) mass is 583 g/mol. The molecule has 8 nitrogen and oxygen atoms in total. The molecule has 0 radical (unpaired) electrons. The number of nitrogens with zero attached hydrogens (tertiary/aromatic N) is 3. The van der Waals surface area contributed by atoms with E-state index in [9.17, 15) is 18.0 Å². The lowest BCUT2D eigenvalue weighted by molar-refractivity contribution is -0.143. The topological polar surface area (TPSA) is 98.0 Å². The molecule has 0 atom stereocenters. The highest BCUT2D eigenvalue weighted by Gasteiger charge is 2.29. The average Bonchev–Trinajstić information content (AvgIpc) is 3.23. The molecule has 12 heteroatoms. The second-order valence-electron chi connectivity index (χ2n) is 8.74. The Hall–Kier alpha value is -2.24. The highest BCUT2D eigenvalue weighted by atomic mass is 35.5. The SMILES string of the molecule is CCOC(=O)Cn1c(=NC(=O)c2ccc(S(=O)(=O)N(C)C3CCCCC3)cc2)sc2ccc(Cl)c(Cl)c21. The van der Waals surface area contributed by atoms with Gasteiger partial charge in [-0.1, -0.05) is 53.8 Å². The van der Waals surface area contributed by atoms with Crippen LogP contribution in [0.1, 0.15) is 49.4 Å². The van der Waals surface area contributed by atoms with Crippen molar-refractivity contribution in [3.8, 4) is 0 Å². The van der Waals surface area contributed by atoms with Crippen molar-refractivity contribution in [2.45, 2.75) is 56.5 Å². The molecule has 0 N–H and O–H groups in total. The summed E-state index contributed by atoms with van der Waals surface area (Å²) in [5, 5.41) is 0.544. The number of rotatable bonds is 7. The van der Waals surface area contributed by atoms with Gasteiger partial charge in [0.1, 0.15) is 6.54 Å². The predicted octanol–water partition coefficient (Wildman–Crippen LogP) is 5.27.